The third-order valence-corrected chi connectivity index (χ3v) is 5.01. The van der Waals surface area contributed by atoms with Crippen LogP contribution >= 0.6 is 11.6 Å². The molecule has 1 aliphatic rings. The quantitative estimate of drug-likeness (QED) is 0.875. The van der Waals surface area contributed by atoms with Crippen LogP contribution in [0, 0.1) is 5.92 Å². The number of nitrogens with zero attached hydrogens (tertiary/aromatic N) is 1. The number of nitrogens with two attached hydrogens (primary N) is 1. The van der Waals surface area contributed by atoms with Crippen LogP contribution in [-0.4, -0.2) is 29.8 Å². The normalized spacial score (nSPS) is 14.9. The van der Waals surface area contributed by atoms with Crippen molar-refractivity contribution in [3.8, 4) is 5.75 Å². The standard InChI is InChI=1S/C20H21ClN2O3/c21-18-4-2-1-3-16(18)13-26-17-7-5-15(6-8-17)20(25)23-11-9-14(10-12-23)19(22)24/h1-8,14H,9-13H2,(H2,22,24). The van der Waals surface area contributed by atoms with E-state index in [1.165, 1.54) is 0 Å². The molecule has 2 aromatic rings. The first-order valence-electron chi connectivity index (χ1n) is 8.59. The first kappa shape index (κ1) is 18.3. The highest BCUT2D eigenvalue weighted by Gasteiger charge is 2.26. The van der Waals surface area contributed by atoms with Crippen molar-refractivity contribution in [2.45, 2.75) is 19.4 Å². The number of rotatable bonds is 5. The Bertz CT molecular complexity index is 784. The van der Waals surface area contributed by atoms with E-state index in [9.17, 15) is 9.59 Å². The van der Waals surface area contributed by atoms with Gasteiger partial charge in [-0.05, 0) is 43.2 Å². The summed E-state index contributed by atoms with van der Waals surface area (Å²) in [6, 6.07) is 14.6. The van der Waals surface area contributed by atoms with E-state index in [0.717, 1.165) is 5.56 Å². The smallest absolute Gasteiger partial charge is 0.253 e. The van der Waals surface area contributed by atoms with Gasteiger partial charge in [-0.25, -0.2) is 0 Å². The Morgan fingerprint density at radius 2 is 1.73 bits per heavy atom. The number of hydrogen-bond donors (Lipinski definition) is 1. The minimum absolute atomic E-state index is 0.0365. The van der Waals surface area contributed by atoms with Crippen LogP contribution in [0.4, 0.5) is 0 Å². The number of ether oxygens (including phenoxy) is 1. The molecule has 0 atom stereocenters. The van der Waals surface area contributed by atoms with Gasteiger partial charge in [-0.1, -0.05) is 29.8 Å². The zero-order chi connectivity index (χ0) is 18.5. The lowest BCUT2D eigenvalue weighted by atomic mass is 9.96. The van der Waals surface area contributed by atoms with Gasteiger partial charge in [-0.15, -0.1) is 0 Å². The van der Waals surface area contributed by atoms with Gasteiger partial charge in [0, 0.05) is 35.2 Å². The van der Waals surface area contributed by atoms with Gasteiger partial charge >= 0.3 is 0 Å². The van der Waals surface area contributed by atoms with Crippen molar-refractivity contribution in [1.82, 2.24) is 4.90 Å². The Labute approximate surface area is 157 Å². The number of hydrogen-bond acceptors (Lipinski definition) is 3. The predicted molar refractivity (Wildman–Crippen MR) is 100 cm³/mol. The Morgan fingerprint density at radius 1 is 1.08 bits per heavy atom. The van der Waals surface area contributed by atoms with Gasteiger partial charge in [-0.3, -0.25) is 9.59 Å². The van der Waals surface area contributed by atoms with Gasteiger partial charge in [0.05, 0.1) is 0 Å². The van der Waals surface area contributed by atoms with Crippen LogP contribution in [0.3, 0.4) is 0 Å². The van der Waals surface area contributed by atoms with Gasteiger partial charge in [0.25, 0.3) is 5.91 Å². The molecule has 1 aliphatic heterocycles. The van der Waals surface area contributed by atoms with Crippen LogP contribution in [0.2, 0.25) is 5.02 Å². The number of halogens is 1. The van der Waals surface area contributed by atoms with E-state index >= 15 is 0 Å². The second-order valence-electron chi connectivity index (χ2n) is 6.37. The average molecular weight is 373 g/mol. The van der Waals surface area contributed by atoms with Crippen LogP contribution in [0.25, 0.3) is 0 Å². The van der Waals surface area contributed by atoms with Crippen molar-refractivity contribution in [1.29, 1.82) is 0 Å². The highest BCUT2D eigenvalue weighted by Crippen LogP contribution is 2.21. The Hall–Kier alpha value is -2.53. The van der Waals surface area contributed by atoms with Crippen molar-refractivity contribution in [2.24, 2.45) is 11.7 Å². The van der Waals surface area contributed by atoms with Crippen LogP contribution in [0.5, 0.6) is 5.75 Å². The number of piperidine rings is 1. The first-order valence-corrected chi connectivity index (χ1v) is 8.97. The molecule has 0 spiro atoms. The van der Waals surface area contributed by atoms with Crippen molar-refractivity contribution >= 4 is 23.4 Å². The summed E-state index contributed by atoms with van der Waals surface area (Å²) in [4.78, 5) is 25.5. The zero-order valence-corrected chi connectivity index (χ0v) is 15.1. The van der Waals surface area contributed by atoms with E-state index < -0.39 is 0 Å². The number of benzene rings is 2. The molecule has 3 rings (SSSR count). The lowest BCUT2D eigenvalue weighted by Crippen LogP contribution is -2.41. The molecule has 0 saturated carbocycles. The molecule has 5 nitrogen and oxygen atoms in total. The maximum absolute atomic E-state index is 12.6. The van der Waals surface area contributed by atoms with E-state index in [1.807, 2.05) is 24.3 Å². The van der Waals surface area contributed by atoms with E-state index in [-0.39, 0.29) is 17.7 Å². The second-order valence-corrected chi connectivity index (χ2v) is 6.78. The molecule has 1 saturated heterocycles. The van der Waals surface area contributed by atoms with Crippen LogP contribution in [0.1, 0.15) is 28.8 Å². The van der Waals surface area contributed by atoms with E-state index in [0.29, 0.717) is 48.9 Å². The minimum Gasteiger partial charge on any atom is -0.489 e. The van der Waals surface area contributed by atoms with Crippen molar-refractivity contribution in [3.63, 3.8) is 0 Å². The molecule has 26 heavy (non-hydrogen) atoms. The fourth-order valence-electron chi connectivity index (χ4n) is 3.02. The number of carbonyl (C=O) groups is 2. The molecule has 136 valence electrons. The maximum Gasteiger partial charge on any atom is 0.253 e. The van der Waals surface area contributed by atoms with Gasteiger partial charge in [0.1, 0.15) is 12.4 Å². The molecule has 2 amide bonds. The summed E-state index contributed by atoms with van der Waals surface area (Å²) in [5.41, 5.74) is 6.84. The van der Waals surface area contributed by atoms with E-state index in [4.69, 9.17) is 22.1 Å². The van der Waals surface area contributed by atoms with Gasteiger partial charge in [-0.2, -0.15) is 0 Å². The van der Waals surface area contributed by atoms with Crippen molar-refractivity contribution < 1.29 is 14.3 Å². The summed E-state index contributed by atoms with van der Waals surface area (Å²) in [7, 11) is 0. The molecular formula is C20H21ClN2O3. The summed E-state index contributed by atoms with van der Waals surface area (Å²) in [5.74, 6) is 0.233. The third kappa shape index (κ3) is 4.35. The minimum atomic E-state index is -0.280. The maximum atomic E-state index is 12.6. The molecule has 0 unspecified atom stereocenters. The lowest BCUT2D eigenvalue weighted by Gasteiger charge is -2.30. The zero-order valence-electron chi connectivity index (χ0n) is 14.4. The molecule has 0 aromatic heterocycles. The first-order chi connectivity index (χ1) is 12.5. The molecule has 0 radical (unpaired) electrons. The van der Waals surface area contributed by atoms with Crippen molar-refractivity contribution in [3.05, 3.63) is 64.7 Å². The Kier molecular flexibility index (Phi) is 5.78. The monoisotopic (exact) mass is 372 g/mol. The highest BCUT2D eigenvalue weighted by atomic mass is 35.5. The van der Waals surface area contributed by atoms with Crippen LogP contribution < -0.4 is 10.5 Å². The lowest BCUT2D eigenvalue weighted by molar-refractivity contribution is -0.123. The van der Waals surface area contributed by atoms with E-state index in [1.54, 1.807) is 29.2 Å². The fraction of sp³-hybridized carbons (Fsp3) is 0.300. The average Bonchev–Trinajstić information content (AvgIpc) is 2.67. The predicted octanol–water partition coefficient (Wildman–Crippen LogP) is 3.26. The molecule has 0 aliphatic carbocycles. The number of carbonyl (C=O) groups excluding carboxylic acids is 2. The largest absolute Gasteiger partial charge is 0.489 e. The topological polar surface area (TPSA) is 72.6 Å². The van der Waals surface area contributed by atoms with Crippen LogP contribution in [-0.2, 0) is 11.4 Å². The van der Waals surface area contributed by atoms with Crippen LogP contribution in [0.15, 0.2) is 48.5 Å². The van der Waals surface area contributed by atoms with Gasteiger partial charge in [0.15, 0.2) is 0 Å². The number of amides is 2. The van der Waals surface area contributed by atoms with Crippen molar-refractivity contribution in [2.75, 3.05) is 13.1 Å². The second kappa shape index (κ2) is 8.23. The molecule has 0 bridgehead atoms. The summed E-state index contributed by atoms with van der Waals surface area (Å²) >= 11 is 6.11. The fourth-order valence-corrected chi connectivity index (χ4v) is 3.21. The molecule has 1 heterocycles. The molecule has 6 heteroatoms. The molecular weight excluding hydrogens is 352 g/mol. The van der Waals surface area contributed by atoms with Gasteiger partial charge in [0.2, 0.25) is 5.91 Å². The highest BCUT2D eigenvalue weighted by molar-refractivity contribution is 6.31. The molecule has 2 N–H and O–H groups in total. The third-order valence-electron chi connectivity index (χ3n) is 4.64. The number of likely N-dealkylation sites (tertiary alicyclic amines) is 1. The summed E-state index contributed by atoms with van der Waals surface area (Å²) in [5, 5.41) is 0.665. The molecule has 1 fully saturated rings. The van der Waals surface area contributed by atoms with E-state index in [2.05, 4.69) is 0 Å². The molecule has 2 aromatic carbocycles. The summed E-state index contributed by atoms with van der Waals surface area (Å²) in [6.45, 7) is 1.47. The SMILES string of the molecule is NC(=O)C1CCN(C(=O)c2ccc(OCc3ccccc3Cl)cc2)CC1. The van der Waals surface area contributed by atoms with Gasteiger partial charge < -0.3 is 15.4 Å². The Morgan fingerprint density at radius 3 is 2.35 bits per heavy atom. The Balaban J connectivity index is 1.56. The summed E-state index contributed by atoms with van der Waals surface area (Å²) < 4.78 is 5.73. The number of primary amides is 1. The summed E-state index contributed by atoms with van der Waals surface area (Å²) in [6.07, 6.45) is 1.25.